The van der Waals surface area contributed by atoms with Crippen molar-refractivity contribution in [3.05, 3.63) is 71.8 Å². The highest BCUT2D eigenvalue weighted by Crippen LogP contribution is 2.07. The van der Waals surface area contributed by atoms with Gasteiger partial charge in [-0.1, -0.05) is 60.7 Å². The molecule has 0 aliphatic heterocycles. The summed E-state index contributed by atoms with van der Waals surface area (Å²) in [7, 11) is 0. The Morgan fingerprint density at radius 3 is 1.72 bits per heavy atom. The predicted molar refractivity (Wildman–Crippen MR) is 131 cm³/mol. The van der Waals surface area contributed by atoms with Gasteiger partial charge in [-0.2, -0.15) is 0 Å². The first-order valence-corrected chi connectivity index (χ1v) is 11.4. The van der Waals surface area contributed by atoms with Crippen molar-refractivity contribution >= 4 is 29.6 Å². The van der Waals surface area contributed by atoms with E-state index in [1.54, 1.807) is 48.5 Å². The fourth-order valence-corrected chi connectivity index (χ4v) is 3.29. The Morgan fingerprint density at radius 1 is 0.750 bits per heavy atom. The van der Waals surface area contributed by atoms with Crippen LogP contribution in [0.1, 0.15) is 18.1 Å². The molecule has 2 aromatic rings. The average Bonchev–Trinajstić information content (AvgIpc) is 2.87. The van der Waals surface area contributed by atoms with Crippen LogP contribution in [0.25, 0.3) is 0 Å². The quantitative estimate of drug-likeness (QED) is 0.208. The number of nitrogens with one attached hydrogen (secondary N) is 4. The fourth-order valence-electron chi connectivity index (χ4n) is 3.29. The molecule has 2 rings (SSSR count). The van der Waals surface area contributed by atoms with E-state index in [-0.39, 0.29) is 19.4 Å². The van der Waals surface area contributed by atoms with E-state index in [0.29, 0.717) is 0 Å². The molecule has 0 saturated carbocycles. The van der Waals surface area contributed by atoms with E-state index in [9.17, 15) is 24.0 Å². The lowest BCUT2D eigenvalue weighted by Crippen LogP contribution is -2.56. The fraction of sp³-hybridized carbons (Fsp3) is 0.320. The molecule has 0 aromatic heterocycles. The average molecular weight is 498 g/mol. The van der Waals surface area contributed by atoms with E-state index in [2.05, 4.69) is 21.3 Å². The third kappa shape index (κ3) is 9.55. The van der Waals surface area contributed by atoms with Crippen LogP contribution in [0.4, 0.5) is 0 Å². The Balaban J connectivity index is 2.15. The van der Waals surface area contributed by atoms with Gasteiger partial charge in [-0.25, -0.2) is 0 Å². The van der Waals surface area contributed by atoms with Crippen molar-refractivity contribution in [3.63, 3.8) is 0 Å². The normalized spacial score (nSPS) is 12.9. The molecule has 3 atom stereocenters. The number of benzene rings is 2. The van der Waals surface area contributed by atoms with Gasteiger partial charge in [-0.3, -0.25) is 24.0 Å². The third-order valence-corrected chi connectivity index (χ3v) is 5.21. The highest BCUT2D eigenvalue weighted by Gasteiger charge is 2.27. The molecule has 2 aromatic carbocycles. The first-order valence-electron chi connectivity index (χ1n) is 11.4. The van der Waals surface area contributed by atoms with Crippen molar-refractivity contribution in [3.8, 4) is 0 Å². The maximum absolute atomic E-state index is 13.2. The minimum atomic E-state index is -1.21. The summed E-state index contributed by atoms with van der Waals surface area (Å²) in [5, 5.41) is 18.8. The van der Waals surface area contributed by atoms with Crippen LogP contribution < -0.4 is 27.0 Å². The van der Waals surface area contributed by atoms with Crippen LogP contribution in [0.3, 0.4) is 0 Å². The molecule has 0 fully saturated rings. The van der Waals surface area contributed by atoms with Crippen LogP contribution in [-0.2, 0) is 36.8 Å². The lowest BCUT2D eigenvalue weighted by Gasteiger charge is -2.23. The van der Waals surface area contributed by atoms with Gasteiger partial charge in [-0.05, 0) is 18.1 Å². The third-order valence-electron chi connectivity index (χ3n) is 5.21. The summed E-state index contributed by atoms with van der Waals surface area (Å²) >= 11 is 0. The number of amides is 4. The molecular weight excluding hydrogens is 466 g/mol. The van der Waals surface area contributed by atoms with Crippen molar-refractivity contribution in [1.82, 2.24) is 21.3 Å². The monoisotopic (exact) mass is 497 g/mol. The van der Waals surface area contributed by atoms with Crippen molar-refractivity contribution in [2.24, 2.45) is 5.73 Å². The van der Waals surface area contributed by atoms with Crippen LogP contribution >= 0.6 is 0 Å². The van der Waals surface area contributed by atoms with Gasteiger partial charge in [0.05, 0.1) is 13.1 Å². The van der Waals surface area contributed by atoms with Gasteiger partial charge in [0, 0.05) is 12.8 Å². The second-order valence-corrected chi connectivity index (χ2v) is 8.11. The summed E-state index contributed by atoms with van der Waals surface area (Å²) in [5.74, 6) is -3.68. The molecular formula is C25H31N5O6. The first-order chi connectivity index (χ1) is 17.2. The number of carbonyl (C=O) groups is 5. The molecule has 11 nitrogen and oxygen atoms in total. The van der Waals surface area contributed by atoms with Crippen molar-refractivity contribution in [1.29, 1.82) is 0 Å². The molecule has 0 unspecified atom stereocenters. The minimum Gasteiger partial charge on any atom is -0.480 e. The first kappa shape index (κ1) is 28.0. The van der Waals surface area contributed by atoms with Gasteiger partial charge < -0.3 is 32.1 Å². The number of hydrogen-bond acceptors (Lipinski definition) is 6. The predicted octanol–water partition coefficient (Wildman–Crippen LogP) is -0.894. The number of carbonyl (C=O) groups excluding carboxylic acids is 4. The maximum Gasteiger partial charge on any atom is 0.325 e. The molecule has 0 aliphatic carbocycles. The zero-order valence-electron chi connectivity index (χ0n) is 19.9. The standard InChI is InChI=1S/C25H31N5O6/c1-16(25(35)36)28-22(32)15-27-23(33)19(12-17-8-4-2-5-9-17)30-24(34)20(29-21(31)14-26)13-18-10-6-3-7-11-18/h2-11,16,19-20H,12-15,26H2,1H3,(H,27,33)(H,28,32)(H,29,31)(H,30,34)(H,35,36)/t16-,19-,20-/m1/s1. The molecule has 0 radical (unpaired) electrons. The topological polar surface area (TPSA) is 180 Å². The van der Waals surface area contributed by atoms with Crippen LogP contribution in [-0.4, -0.2) is 65.9 Å². The summed E-state index contributed by atoms with van der Waals surface area (Å²) in [4.78, 5) is 61.0. The largest absolute Gasteiger partial charge is 0.480 e. The molecule has 36 heavy (non-hydrogen) atoms. The highest BCUT2D eigenvalue weighted by atomic mass is 16.4. The Morgan fingerprint density at radius 2 is 1.25 bits per heavy atom. The zero-order chi connectivity index (χ0) is 26.5. The highest BCUT2D eigenvalue weighted by molar-refractivity contribution is 5.94. The Hall–Kier alpha value is -4.25. The Bertz CT molecular complexity index is 1050. The van der Waals surface area contributed by atoms with E-state index in [1.165, 1.54) is 6.92 Å². The SMILES string of the molecule is C[C@@H](NC(=O)CNC(=O)[C@@H](Cc1ccccc1)NC(=O)[C@@H](Cc1ccccc1)NC(=O)CN)C(=O)O. The van der Waals surface area contributed by atoms with Gasteiger partial charge in [-0.15, -0.1) is 0 Å². The summed E-state index contributed by atoms with van der Waals surface area (Å²) in [6, 6.07) is 14.8. The van der Waals surface area contributed by atoms with Gasteiger partial charge >= 0.3 is 5.97 Å². The lowest BCUT2D eigenvalue weighted by atomic mass is 10.0. The van der Waals surface area contributed by atoms with Gasteiger partial charge in [0.2, 0.25) is 23.6 Å². The molecule has 0 heterocycles. The van der Waals surface area contributed by atoms with E-state index in [0.717, 1.165) is 11.1 Å². The van der Waals surface area contributed by atoms with Crippen molar-refractivity contribution in [2.75, 3.05) is 13.1 Å². The zero-order valence-corrected chi connectivity index (χ0v) is 19.9. The molecule has 0 spiro atoms. The summed E-state index contributed by atoms with van der Waals surface area (Å²) in [5.41, 5.74) is 6.96. The van der Waals surface area contributed by atoms with Gasteiger partial charge in [0.1, 0.15) is 18.1 Å². The number of rotatable bonds is 13. The maximum atomic E-state index is 13.2. The van der Waals surface area contributed by atoms with Crippen molar-refractivity contribution < 1.29 is 29.1 Å². The number of aliphatic carboxylic acids is 1. The van der Waals surface area contributed by atoms with Gasteiger partial charge in [0.25, 0.3) is 0 Å². The van der Waals surface area contributed by atoms with Gasteiger partial charge in [0.15, 0.2) is 0 Å². The molecule has 4 amide bonds. The summed E-state index contributed by atoms with van der Waals surface area (Å²) < 4.78 is 0. The molecule has 0 aliphatic rings. The molecule has 0 saturated heterocycles. The summed E-state index contributed by atoms with van der Waals surface area (Å²) in [6.07, 6.45) is 0.294. The number of carboxylic acid groups (broad SMARTS) is 1. The Labute approximate surface area is 208 Å². The Kier molecular flexibility index (Phi) is 11.1. The minimum absolute atomic E-state index is 0.119. The molecule has 11 heteroatoms. The smallest absolute Gasteiger partial charge is 0.325 e. The summed E-state index contributed by atoms with van der Waals surface area (Å²) in [6.45, 7) is 0.508. The molecule has 0 bridgehead atoms. The van der Waals surface area contributed by atoms with E-state index in [1.807, 2.05) is 12.1 Å². The van der Waals surface area contributed by atoms with Crippen LogP contribution in [0.5, 0.6) is 0 Å². The van der Waals surface area contributed by atoms with Crippen LogP contribution in [0.15, 0.2) is 60.7 Å². The van der Waals surface area contributed by atoms with Crippen LogP contribution in [0.2, 0.25) is 0 Å². The number of hydrogen-bond donors (Lipinski definition) is 6. The van der Waals surface area contributed by atoms with E-state index < -0.39 is 54.3 Å². The molecule has 192 valence electrons. The second-order valence-electron chi connectivity index (χ2n) is 8.11. The van der Waals surface area contributed by atoms with E-state index in [4.69, 9.17) is 10.8 Å². The number of nitrogens with two attached hydrogens (primary N) is 1. The number of carboxylic acids is 1. The second kappa shape index (κ2) is 14.2. The van der Waals surface area contributed by atoms with Crippen LogP contribution in [0, 0.1) is 0 Å². The molecule has 7 N–H and O–H groups in total. The van der Waals surface area contributed by atoms with E-state index >= 15 is 0 Å². The van der Waals surface area contributed by atoms with Crippen molar-refractivity contribution in [2.45, 2.75) is 37.9 Å². The lowest BCUT2D eigenvalue weighted by molar-refractivity contribution is -0.141.